The summed E-state index contributed by atoms with van der Waals surface area (Å²) in [6.45, 7) is 6.67. The van der Waals surface area contributed by atoms with Gasteiger partial charge in [-0.1, -0.05) is 30.0 Å². The van der Waals surface area contributed by atoms with E-state index in [-0.39, 0.29) is 23.7 Å². The Morgan fingerprint density at radius 2 is 2.00 bits per heavy atom. The number of fused-ring (bicyclic) bond motifs is 1. The van der Waals surface area contributed by atoms with Crippen molar-refractivity contribution in [1.82, 2.24) is 14.8 Å². The van der Waals surface area contributed by atoms with Crippen LogP contribution in [0.3, 0.4) is 0 Å². The smallest absolute Gasteiger partial charge is 0.341 e. The maximum absolute atomic E-state index is 12.8. The maximum atomic E-state index is 12.8. The number of esters is 1. The van der Waals surface area contributed by atoms with Gasteiger partial charge in [0.25, 0.3) is 0 Å². The van der Waals surface area contributed by atoms with E-state index in [9.17, 15) is 9.59 Å². The zero-order chi connectivity index (χ0) is 24.1. The van der Waals surface area contributed by atoms with Gasteiger partial charge in [-0.3, -0.25) is 4.79 Å². The molecule has 3 aromatic rings. The summed E-state index contributed by atoms with van der Waals surface area (Å²) in [5.41, 5.74) is 1.54. The quantitative estimate of drug-likeness (QED) is 0.313. The summed E-state index contributed by atoms with van der Waals surface area (Å²) in [7, 11) is 0. The van der Waals surface area contributed by atoms with Gasteiger partial charge in [-0.05, 0) is 57.7 Å². The number of benzene rings is 1. The number of thiophene rings is 1. The molecule has 0 saturated carbocycles. The summed E-state index contributed by atoms with van der Waals surface area (Å²) < 4.78 is 13.2. The Bertz CT molecular complexity index is 1160. The van der Waals surface area contributed by atoms with Crippen LogP contribution in [0.15, 0.2) is 35.5 Å². The van der Waals surface area contributed by atoms with Gasteiger partial charge in [0.05, 0.1) is 17.9 Å². The summed E-state index contributed by atoms with van der Waals surface area (Å²) in [4.78, 5) is 26.5. The lowest BCUT2D eigenvalue weighted by Crippen LogP contribution is -2.17. The van der Waals surface area contributed by atoms with Gasteiger partial charge in [0, 0.05) is 11.4 Å². The van der Waals surface area contributed by atoms with Crippen LogP contribution in [0.2, 0.25) is 0 Å². The fourth-order valence-electron chi connectivity index (χ4n) is 3.96. The van der Waals surface area contributed by atoms with Crippen molar-refractivity contribution in [2.24, 2.45) is 0 Å². The van der Waals surface area contributed by atoms with Crippen molar-refractivity contribution in [3.8, 4) is 5.75 Å². The summed E-state index contributed by atoms with van der Waals surface area (Å²) in [5, 5.41) is 12.8. The molecule has 1 N–H and O–H groups in total. The van der Waals surface area contributed by atoms with Crippen LogP contribution in [-0.4, -0.2) is 39.0 Å². The van der Waals surface area contributed by atoms with Crippen molar-refractivity contribution < 1.29 is 19.1 Å². The number of carbonyl (C=O) groups excluding carboxylic acids is 2. The third kappa shape index (κ3) is 5.28. The fourth-order valence-corrected chi connectivity index (χ4v) is 6.07. The van der Waals surface area contributed by atoms with E-state index in [0.29, 0.717) is 34.7 Å². The molecule has 1 aliphatic rings. The van der Waals surface area contributed by atoms with Crippen molar-refractivity contribution >= 4 is 40.0 Å². The Balaban J connectivity index is 1.42. The van der Waals surface area contributed by atoms with Crippen LogP contribution < -0.4 is 10.1 Å². The van der Waals surface area contributed by atoms with Crippen LogP contribution >= 0.6 is 23.1 Å². The van der Waals surface area contributed by atoms with E-state index in [4.69, 9.17) is 9.47 Å². The topological polar surface area (TPSA) is 95.3 Å². The molecule has 0 saturated heterocycles. The van der Waals surface area contributed by atoms with E-state index in [2.05, 4.69) is 15.5 Å². The molecule has 10 heteroatoms. The van der Waals surface area contributed by atoms with Gasteiger partial charge in [-0.2, -0.15) is 0 Å². The molecule has 0 aliphatic heterocycles. The highest BCUT2D eigenvalue weighted by molar-refractivity contribution is 7.99. The molecule has 1 aromatic carbocycles. The van der Waals surface area contributed by atoms with Crippen LogP contribution in [0.1, 0.15) is 59.9 Å². The molecule has 1 atom stereocenters. The second kappa shape index (κ2) is 11.1. The number of aromatic nitrogens is 3. The normalized spacial score (nSPS) is 13.4. The van der Waals surface area contributed by atoms with Crippen LogP contribution in [0, 0.1) is 0 Å². The number of ether oxygens (including phenoxy) is 2. The first kappa shape index (κ1) is 24.3. The average Bonchev–Trinajstić information content (AvgIpc) is 3.52. The number of para-hydroxylation sites is 1. The Hall–Kier alpha value is -2.85. The molecule has 0 fully saturated rings. The molecule has 180 valence electrons. The van der Waals surface area contributed by atoms with Crippen LogP contribution in [0.5, 0.6) is 5.75 Å². The lowest BCUT2D eigenvalue weighted by Gasteiger charge is -2.15. The van der Waals surface area contributed by atoms with Crippen molar-refractivity contribution in [3.63, 3.8) is 0 Å². The predicted octanol–water partition coefficient (Wildman–Crippen LogP) is 4.90. The number of thioether (sulfide) groups is 1. The van der Waals surface area contributed by atoms with Gasteiger partial charge >= 0.3 is 5.97 Å². The first-order chi connectivity index (χ1) is 16.5. The number of anilines is 1. The zero-order valence-electron chi connectivity index (χ0n) is 19.5. The summed E-state index contributed by atoms with van der Waals surface area (Å²) in [6, 6.07) is 9.57. The molecule has 0 bridgehead atoms. The fraction of sp³-hybridized carbons (Fsp3) is 0.417. The molecule has 8 nitrogen and oxygen atoms in total. The van der Waals surface area contributed by atoms with Crippen LogP contribution in [-0.2, 0) is 28.9 Å². The lowest BCUT2D eigenvalue weighted by atomic mass is 10.1. The van der Waals surface area contributed by atoms with Gasteiger partial charge in [0.1, 0.15) is 10.8 Å². The summed E-state index contributed by atoms with van der Waals surface area (Å²) in [5.74, 6) is 1.04. The van der Waals surface area contributed by atoms with Crippen molar-refractivity contribution in [3.05, 3.63) is 52.2 Å². The van der Waals surface area contributed by atoms with E-state index in [1.165, 1.54) is 23.1 Å². The molecule has 1 unspecified atom stereocenters. The average molecular weight is 501 g/mol. The monoisotopic (exact) mass is 500 g/mol. The number of amides is 1. The third-order valence-corrected chi connectivity index (χ3v) is 7.64. The first-order valence-corrected chi connectivity index (χ1v) is 13.2. The van der Waals surface area contributed by atoms with Gasteiger partial charge < -0.3 is 19.4 Å². The SMILES string of the molecule is CCOC(=O)c1c(NC(=O)CSc2nnc(C(C)Oc3ccccc3)n2CC)sc2c1CCC2. The third-order valence-electron chi connectivity index (χ3n) is 5.47. The molecule has 0 spiro atoms. The Kier molecular flexibility index (Phi) is 7.89. The highest BCUT2D eigenvalue weighted by atomic mass is 32.2. The number of nitrogens with one attached hydrogen (secondary N) is 1. The second-order valence-corrected chi connectivity index (χ2v) is 9.82. The summed E-state index contributed by atoms with van der Waals surface area (Å²) >= 11 is 2.79. The largest absolute Gasteiger partial charge is 0.483 e. The van der Waals surface area contributed by atoms with E-state index >= 15 is 0 Å². The Labute approximate surface area is 207 Å². The molecular formula is C24H28N4O4S2. The molecule has 1 amide bonds. The molecule has 1 aliphatic carbocycles. The standard InChI is InChI=1S/C24H28N4O4S2/c1-4-28-21(15(3)32-16-10-7-6-8-11-16)26-27-24(28)33-14-19(29)25-22-20(23(30)31-5-2)17-12-9-13-18(17)34-22/h6-8,10-11,15H,4-5,9,12-14H2,1-3H3,(H,25,29). The van der Waals surface area contributed by atoms with E-state index in [1.807, 2.05) is 48.7 Å². The number of hydrogen-bond acceptors (Lipinski definition) is 8. The lowest BCUT2D eigenvalue weighted by molar-refractivity contribution is -0.113. The van der Waals surface area contributed by atoms with Gasteiger partial charge in [-0.25, -0.2) is 4.79 Å². The first-order valence-electron chi connectivity index (χ1n) is 11.4. The number of nitrogens with zero attached hydrogens (tertiary/aromatic N) is 3. The van der Waals surface area contributed by atoms with Crippen LogP contribution in [0.25, 0.3) is 0 Å². The van der Waals surface area contributed by atoms with E-state index < -0.39 is 0 Å². The minimum atomic E-state index is -0.368. The van der Waals surface area contributed by atoms with Crippen molar-refractivity contribution in [1.29, 1.82) is 0 Å². The minimum Gasteiger partial charge on any atom is -0.483 e. The second-order valence-electron chi connectivity index (χ2n) is 7.78. The van der Waals surface area contributed by atoms with E-state index in [1.54, 1.807) is 6.92 Å². The molecule has 2 heterocycles. The zero-order valence-corrected chi connectivity index (χ0v) is 21.1. The van der Waals surface area contributed by atoms with Crippen molar-refractivity contribution in [2.75, 3.05) is 17.7 Å². The number of hydrogen-bond donors (Lipinski definition) is 1. The summed E-state index contributed by atoms with van der Waals surface area (Å²) in [6.07, 6.45) is 2.51. The number of rotatable bonds is 10. The maximum Gasteiger partial charge on any atom is 0.341 e. The predicted molar refractivity (Wildman–Crippen MR) is 133 cm³/mol. The van der Waals surface area contributed by atoms with Gasteiger partial charge in [0.2, 0.25) is 5.91 Å². The van der Waals surface area contributed by atoms with Gasteiger partial charge in [-0.15, -0.1) is 21.5 Å². The minimum absolute atomic E-state index is 0.150. The Morgan fingerprint density at radius 3 is 2.74 bits per heavy atom. The molecule has 2 aromatic heterocycles. The van der Waals surface area contributed by atoms with Crippen molar-refractivity contribution in [2.45, 2.75) is 57.8 Å². The highest BCUT2D eigenvalue weighted by Crippen LogP contribution is 2.39. The number of aryl methyl sites for hydroxylation is 1. The number of carbonyl (C=O) groups is 2. The molecule has 34 heavy (non-hydrogen) atoms. The molecule has 4 rings (SSSR count). The Morgan fingerprint density at radius 1 is 1.21 bits per heavy atom. The van der Waals surface area contributed by atoms with Crippen LogP contribution in [0.4, 0.5) is 5.00 Å². The van der Waals surface area contributed by atoms with E-state index in [0.717, 1.165) is 35.5 Å². The highest BCUT2D eigenvalue weighted by Gasteiger charge is 2.28. The molecule has 0 radical (unpaired) electrons. The molecular weight excluding hydrogens is 472 g/mol. The van der Waals surface area contributed by atoms with Gasteiger partial charge in [0.15, 0.2) is 17.1 Å².